The van der Waals surface area contributed by atoms with Crippen LogP contribution in [-0.4, -0.2) is 42.9 Å². The molecule has 2 amide bonds. The molecule has 1 aromatic heterocycles. The number of aromatic nitrogens is 1. The van der Waals surface area contributed by atoms with E-state index >= 15 is 0 Å². The van der Waals surface area contributed by atoms with Crippen LogP contribution in [0.2, 0.25) is 0 Å². The molecule has 1 atom stereocenters. The van der Waals surface area contributed by atoms with Crippen LogP contribution in [0.5, 0.6) is 0 Å². The van der Waals surface area contributed by atoms with Crippen molar-refractivity contribution in [2.24, 2.45) is 5.73 Å². The van der Waals surface area contributed by atoms with Crippen LogP contribution in [0, 0.1) is 0 Å². The Morgan fingerprint density at radius 2 is 2.21 bits per heavy atom. The molecule has 104 valence electrons. The lowest BCUT2D eigenvalue weighted by Gasteiger charge is -2.36. The van der Waals surface area contributed by atoms with E-state index in [-0.39, 0.29) is 24.6 Å². The number of nitrogens with one attached hydrogen (secondary N) is 1. The van der Waals surface area contributed by atoms with Crippen molar-refractivity contribution in [3.63, 3.8) is 0 Å². The molecule has 0 saturated carbocycles. The Kier molecular flexibility index (Phi) is 3.13. The minimum atomic E-state index is -3.97. The van der Waals surface area contributed by atoms with Gasteiger partial charge in [-0.1, -0.05) is 0 Å². The molecule has 1 unspecified atom stereocenters. The molecule has 0 bridgehead atoms. The van der Waals surface area contributed by atoms with Crippen LogP contribution in [0.1, 0.15) is 18.5 Å². The largest absolute Gasteiger partial charge is 0.366 e. The molecular formula is C11H15N3O4S. The first-order valence-electron chi connectivity index (χ1n) is 5.75. The normalized spacial score (nSPS) is 19.4. The van der Waals surface area contributed by atoms with Gasteiger partial charge in [0, 0.05) is 25.4 Å². The molecule has 1 fully saturated rings. The smallest absolute Gasteiger partial charge is 0.265 e. The SMILES string of the molecule is CS(=O)(=O)C(C(N)=O)(c1ccc[nH]1)N1CCCC1=O. The second-order valence-corrected chi connectivity index (χ2v) is 6.65. The first kappa shape index (κ1) is 13.6. The van der Waals surface area contributed by atoms with Crippen molar-refractivity contribution >= 4 is 21.7 Å². The summed E-state index contributed by atoms with van der Waals surface area (Å²) < 4.78 is 24.4. The third-order valence-corrected chi connectivity index (χ3v) is 5.00. The Morgan fingerprint density at radius 1 is 1.53 bits per heavy atom. The molecule has 0 radical (unpaired) electrons. The first-order valence-corrected chi connectivity index (χ1v) is 7.65. The molecule has 1 aliphatic rings. The van der Waals surface area contributed by atoms with E-state index in [1.807, 2.05) is 0 Å². The maximum Gasteiger partial charge on any atom is 0.265 e. The fourth-order valence-corrected chi connectivity index (χ4v) is 4.00. The highest BCUT2D eigenvalue weighted by molar-refractivity contribution is 7.92. The number of carbonyl (C=O) groups is 2. The van der Waals surface area contributed by atoms with E-state index in [1.165, 1.54) is 12.3 Å². The van der Waals surface area contributed by atoms with Crippen molar-refractivity contribution in [3.8, 4) is 0 Å². The number of likely N-dealkylation sites (tertiary alicyclic amines) is 1. The average molecular weight is 285 g/mol. The fourth-order valence-electron chi connectivity index (χ4n) is 2.52. The van der Waals surface area contributed by atoms with Crippen LogP contribution in [0.3, 0.4) is 0 Å². The lowest BCUT2D eigenvalue weighted by atomic mass is 10.1. The van der Waals surface area contributed by atoms with Crippen molar-refractivity contribution in [2.75, 3.05) is 12.8 Å². The Bertz CT molecular complexity index is 608. The second kappa shape index (κ2) is 4.37. The summed E-state index contributed by atoms with van der Waals surface area (Å²) in [5.74, 6) is -1.47. The lowest BCUT2D eigenvalue weighted by Crippen LogP contribution is -2.60. The molecule has 19 heavy (non-hydrogen) atoms. The van der Waals surface area contributed by atoms with Gasteiger partial charge in [-0.05, 0) is 18.6 Å². The van der Waals surface area contributed by atoms with Crippen molar-refractivity contribution in [1.29, 1.82) is 0 Å². The summed E-state index contributed by atoms with van der Waals surface area (Å²) in [6, 6.07) is 3.00. The predicted octanol–water partition coefficient (Wildman–Crippen LogP) is -0.680. The highest BCUT2D eigenvalue weighted by atomic mass is 32.2. The van der Waals surface area contributed by atoms with Crippen LogP contribution in [0.25, 0.3) is 0 Å². The number of primary amides is 1. The molecule has 2 rings (SSSR count). The highest BCUT2D eigenvalue weighted by Gasteiger charge is 2.57. The molecule has 1 aromatic rings. The molecule has 2 heterocycles. The second-order valence-electron chi connectivity index (χ2n) is 4.51. The number of amides is 2. The zero-order valence-corrected chi connectivity index (χ0v) is 11.2. The van der Waals surface area contributed by atoms with Gasteiger partial charge >= 0.3 is 0 Å². The molecule has 1 aliphatic heterocycles. The van der Waals surface area contributed by atoms with Gasteiger partial charge in [-0.15, -0.1) is 0 Å². The Hall–Kier alpha value is -1.83. The van der Waals surface area contributed by atoms with Crippen LogP contribution in [-0.2, 0) is 24.3 Å². The van der Waals surface area contributed by atoms with Crippen LogP contribution >= 0.6 is 0 Å². The Labute approximate surface area is 110 Å². The van der Waals surface area contributed by atoms with Crippen LogP contribution in [0.15, 0.2) is 18.3 Å². The molecule has 7 nitrogen and oxygen atoms in total. The van der Waals surface area contributed by atoms with E-state index in [0.29, 0.717) is 6.42 Å². The zero-order chi connectivity index (χ0) is 14.3. The van der Waals surface area contributed by atoms with Gasteiger partial charge in [-0.25, -0.2) is 8.42 Å². The van der Waals surface area contributed by atoms with Crippen molar-refractivity contribution < 1.29 is 18.0 Å². The average Bonchev–Trinajstić information content (AvgIpc) is 2.90. The Morgan fingerprint density at radius 3 is 2.58 bits per heavy atom. The van der Waals surface area contributed by atoms with Gasteiger partial charge in [-0.2, -0.15) is 0 Å². The lowest BCUT2D eigenvalue weighted by molar-refractivity contribution is -0.138. The fraction of sp³-hybridized carbons (Fsp3) is 0.455. The van der Waals surface area contributed by atoms with E-state index in [1.54, 1.807) is 6.07 Å². The topological polar surface area (TPSA) is 113 Å². The summed E-state index contributed by atoms with van der Waals surface area (Å²) in [6.07, 6.45) is 3.11. The molecule has 3 N–H and O–H groups in total. The summed E-state index contributed by atoms with van der Waals surface area (Å²) in [4.78, 5) is 25.4. The minimum absolute atomic E-state index is 0.0951. The summed E-state index contributed by atoms with van der Waals surface area (Å²) in [6.45, 7) is 0.188. The number of nitrogens with two attached hydrogens (primary N) is 1. The number of sulfone groups is 1. The monoisotopic (exact) mass is 285 g/mol. The molecule has 1 saturated heterocycles. The standard InChI is InChI=1S/C11H15N3O4S/c1-19(17,18)11(10(12)16,8-4-2-6-13-8)14-7-3-5-9(14)15/h2,4,6,13H,3,5,7H2,1H3,(H2,12,16). The van der Waals surface area contributed by atoms with Crippen molar-refractivity contribution in [1.82, 2.24) is 9.88 Å². The molecule has 8 heteroatoms. The van der Waals surface area contributed by atoms with Crippen LogP contribution < -0.4 is 5.73 Å². The molecule has 0 aliphatic carbocycles. The van der Waals surface area contributed by atoms with Crippen LogP contribution in [0.4, 0.5) is 0 Å². The van der Waals surface area contributed by atoms with Gasteiger partial charge in [0.05, 0.1) is 5.69 Å². The van der Waals surface area contributed by atoms with Gasteiger partial charge in [0.1, 0.15) is 0 Å². The quantitative estimate of drug-likeness (QED) is 0.763. The van der Waals surface area contributed by atoms with Gasteiger partial charge in [0.25, 0.3) is 10.8 Å². The van der Waals surface area contributed by atoms with Gasteiger partial charge in [-0.3, -0.25) is 9.59 Å². The van der Waals surface area contributed by atoms with E-state index < -0.39 is 20.6 Å². The van der Waals surface area contributed by atoms with Crippen molar-refractivity contribution in [2.45, 2.75) is 17.7 Å². The number of carbonyl (C=O) groups excluding carboxylic acids is 2. The zero-order valence-electron chi connectivity index (χ0n) is 10.4. The minimum Gasteiger partial charge on any atom is -0.366 e. The summed E-state index contributed by atoms with van der Waals surface area (Å²) in [7, 11) is -3.97. The van der Waals surface area contributed by atoms with Gasteiger partial charge in [0.15, 0.2) is 9.84 Å². The Balaban J connectivity index is 2.74. The third kappa shape index (κ3) is 1.83. The molecule has 0 spiro atoms. The first-order chi connectivity index (χ1) is 8.81. The maximum atomic E-state index is 12.2. The predicted molar refractivity (Wildman–Crippen MR) is 67.5 cm³/mol. The number of H-pyrrole nitrogens is 1. The van der Waals surface area contributed by atoms with Gasteiger partial charge < -0.3 is 15.6 Å². The van der Waals surface area contributed by atoms with Crippen molar-refractivity contribution in [3.05, 3.63) is 24.0 Å². The third-order valence-electron chi connectivity index (χ3n) is 3.29. The molecule has 0 aromatic carbocycles. The summed E-state index contributed by atoms with van der Waals surface area (Å²) in [5, 5.41) is 0. The number of nitrogens with zero attached hydrogens (tertiary/aromatic N) is 1. The van der Waals surface area contributed by atoms with E-state index in [4.69, 9.17) is 5.73 Å². The highest BCUT2D eigenvalue weighted by Crippen LogP contribution is 2.36. The van der Waals surface area contributed by atoms with E-state index in [0.717, 1.165) is 11.2 Å². The summed E-state index contributed by atoms with van der Waals surface area (Å²) in [5.41, 5.74) is 5.45. The summed E-state index contributed by atoms with van der Waals surface area (Å²) >= 11 is 0. The van der Waals surface area contributed by atoms with E-state index in [9.17, 15) is 18.0 Å². The van der Waals surface area contributed by atoms with E-state index in [2.05, 4.69) is 4.98 Å². The number of rotatable bonds is 4. The number of aromatic amines is 1. The number of hydrogen-bond acceptors (Lipinski definition) is 4. The maximum absolute atomic E-state index is 12.2. The number of hydrogen-bond donors (Lipinski definition) is 2. The van der Waals surface area contributed by atoms with Gasteiger partial charge in [0.2, 0.25) is 5.91 Å². The molecular weight excluding hydrogens is 270 g/mol.